The molecular formula is C20H16ClFN4O. The second-order valence-corrected chi connectivity index (χ2v) is 5.94. The third kappa shape index (κ3) is 3.66. The van der Waals surface area contributed by atoms with Crippen molar-refractivity contribution >= 4 is 29.8 Å². The summed E-state index contributed by atoms with van der Waals surface area (Å²) in [4.78, 5) is 20.7. The maximum atomic E-state index is 14.6. The summed E-state index contributed by atoms with van der Waals surface area (Å²) in [5.74, 6) is -0.746. The highest BCUT2D eigenvalue weighted by Crippen LogP contribution is 2.23. The number of hydrogen-bond acceptors (Lipinski definition) is 3. The summed E-state index contributed by atoms with van der Waals surface area (Å²) in [5, 5.41) is 2.62. The van der Waals surface area contributed by atoms with Crippen molar-refractivity contribution < 1.29 is 9.18 Å². The number of benzene rings is 1. The van der Waals surface area contributed by atoms with E-state index in [9.17, 15) is 9.18 Å². The number of carbonyl (C=O) groups is 1. The Labute approximate surface area is 161 Å². The number of carbonyl (C=O) groups excluding carboxylic acids is 1. The first-order valence-electron chi connectivity index (χ1n) is 8.08. The van der Waals surface area contributed by atoms with Gasteiger partial charge >= 0.3 is 0 Å². The van der Waals surface area contributed by atoms with Gasteiger partial charge in [-0.1, -0.05) is 12.1 Å². The molecule has 0 unspecified atom stereocenters. The van der Waals surface area contributed by atoms with E-state index in [0.29, 0.717) is 11.4 Å². The summed E-state index contributed by atoms with van der Waals surface area (Å²) in [7, 11) is 0. The highest BCUT2D eigenvalue weighted by Gasteiger charge is 2.15. The lowest BCUT2D eigenvalue weighted by molar-refractivity contribution is 0.102. The molecule has 136 valence electrons. The zero-order valence-corrected chi connectivity index (χ0v) is 15.2. The van der Waals surface area contributed by atoms with Gasteiger partial charge in [0.05, 0.1) is 17.5 Å². The normalized spacial score (nSPS) is 10.4. The predicted octanol–water partition coefficient (Wildman–Crippen LogP) is 4.52. The van der Waals surface area contributed by atoms with Crippen LogP contribution in [0, 0.1) is 12.7 Å². The molecule has 0 bridgehead atoms. The van der Waals surface area contributed by atoms with Gasteiger partial charge in [0.15, 0.2) is 0 Å². The molecule has 7 heteroatoms. The fourth-order valence-electron chi connectivity index (χ4n) is 2.79. The average molecular weight is 383 g/mol. The quantitative estimate of drug-likeness (QED) is 0.566. The van der Waals surface area contributed by atoms with Crippen LogP contribution in [0.5, 0.6) is 0 Å². The summed E-state index contributed by atoms with van der Waals surface area (Å²) < 4.78 is 16.4. The van der Waals surface area contributed by atoms with Crippen molar-refractivity contribution in [3.8, 4) is 11.3 Å². The molecule has 1 aromatic carbocycles. The Morgan fingerprint density at radius 2 is 1.96 bits per heavy atom. The van der Waals surface area contributed by atoms with Gasteiger partial charge in [0, 0.05) is 18.0 Å². The molecule has 3 heterocycles. The van der Waals surface area contributed by atoms with E-state index in [1.165, 1.54) is 12.1 Å². The number of nitrogens with one attached hydrogen (secondary N) is 1. The zero-order valence-electron chi connectivity index (χ0n) is 14.4. The molecule has 4 rings (SSSR count). The van der Waals surface area contributed by atoms with E-state index in [2.05, 4.69) is 15.3 Å². The Kier molecular flexibility index (Phi) is 5.19. The fraction of sp³-hybridized carbons (Fsp3) is 0.0500. The maximum absolute atomic E-state index is 14.6. The molecule has 3 aromatic heterocycles. The molecule has 0 saturated carbocycles. The number of halogens is 2. The van der Waals surface area contributed by atoms with Gasteiger partial charge in [-0.3, -0.25) is 9.20 Å². The van der Waals surface area contributed by atoms with Gasteiger partial charge in [-0.15, -0.1) is 12.4 Å². The summed E-state index contributed by atoms with van der Waals surface area (Å²) in [6, 6.07) is 13.7. The summed E-state index contributed by atoms with van der Waals surface area (Å²) in [5.41, 5.74) is 3.10. The van der Waals surface area contributed by atoms with Crippen LogP contribution in [0.4, 0.5) is 10.2 Å². The van der Waals surface area contributed by atoms with Gasteiger partial charge < -0.3 is 5.32 Å². The van der Waals surface area contributed by atoms with E-state index < -0.39 is 11.7 Å². The highest BCUT2D eigenvalue weighted by atomic mass is 35.5. The van der Waals surface area contributed by atoms with Crippen molar-refractivity contribution in [1.29, 1.82) is 0 Å². The first-order valence-corrected chi connectivity index (χ1v) is 8.08. The van der Waals surface area contributed by atoms with Gasteiger partial charge in [0.25, 0.3) is 5.91 Å². The molecule has 4 aromatic rings. The molecule has 0 aliphatic heterocycles. The first kappa shape index (κ1) is 18.5. The molecule has 0 fully saturated rings. The average Bonchev–Trinajstić information content (AvgIpc) is 3.05. The lowest BCUT2D eigenvalue weighted by Gasteiger charge is -2.08. The summed E-state index contributed by atoms with van der Waals surface area (Å²) >= 11 is 0. The van der Waals surface area contributed by atoms with E-state index in [0.717, 1.165) is 16.9 Å². The van der Waals surface area contributed by atoms with Crippen molar-refractivity contribution in [3.63, 3.8) is 0 Å². The zero-order chi connectivity index (χ0) is 18.1. The van der Waals surface area contributed by atoms with Crippen LogP contribution in [-0.2, 0) is 0 Å². The minimum absolute atomic E-state index is 0. The van der Waals surface area contributed by atoms with Crippen molar-refractivity contribution in [2.75, 3.05) is 5.32 Å². The van der Waals surface area contributed by atoms with Crippen LogP contribution in [0.25, 0.3) is 16.9 Å². The number of aryl methyl sites for hydroxylation is 1. The second kappa shape index (κ2) is 7.55. The lowest BCUT2D eigenvalue weighted by Crippen LogP contribution is -2.14. The van der Waals surface area contributed by atoms with Gasteiger partial charge in [0.2, 0.25) is 0 Å². The molecule has 0 spiro atoms. The van der Waals surface area contributed by atoms with Crippen LogP contribution in [0.3, 0.4) is 0 Å². The van der Waals surface area contributed by atoms with Crippen LogP contribution < -0.4 is 5.32 Å². The SMILES string of the molecule is Cc1ccnc(NC(=O)c2ccc(-c3cnc4ccccn34)cc2F)c1.Cl. The number of nitrogens with zero attached hydrogens (tertiary/aromatic N) is 3. The van der Waals surface area contributed by atoms with E-state index in [-0.39, 0.29) is 18.0 Å². The molecule has 0 aliphatic carbocycles. The predicted molar refractivity (Wildman–Crippen MR) is 105 cm³/mol. The Bertz CT molecular complexity index is 1130. The Balaban J connectivity index is 0.00000210. The topological polar surface area (TPSA) is 59.3 Å². The fourth-order valence-corrected chi connectivity index (χ4v) is 2.79. The van der Waals surface area contributed by atoms with Gasteiger partial charge in [-0.25, -0.2) is 14.4 Å². The van der Waals surface area contributed by atoms with Crippen LogP contribution in [-0.4, -0.2) is 20.3 Å². The monoisotopic (exact) mass is 382 g/mol. The number of amides is 1. The smallest absolute Gasteiger partial charge is 0.259 e. The largest absolute Gasteiger partial charge is 0.306 e. The number of pyridine rings is 2. The summed E-state index contributed by atoms with van der Waals surface area (Å²) in [6.45, 7) is 1.89. The molecule has 5 nitrogen and oxygen atoms in total. The van der Waals surface area contributed by atoms with Crippen LogP contribution in [0.15, 0.2) is 67.1 Å². The number of fused-ring (bicyclic) bond motifs is 1. The van der Waals surface area contributed by atoms with Crippen molar-refractivity contribution in [3.05, 3.63) is 84.1 Å². The Morgan fingerprint density at radius 1 is 1.11 bits per heavy atom. The van der Waals surface area contributed by atoms with E-state index >= 15 is 0 Å². The first-order chi connectivity index (χ1) is 12.6. The maximum Gasteiger partial charge on any atom is 0.259 e. The van der Waals surface area contributed by atoms with Crippen molar-refractivity contribution in [2.24, 2.45) is 0 Å². The summed E-state index contributed by atoms with van der Waals surface area (Å²) in [6.07, 6.45) is 5.13. The number of imidazole rings is 1. The van der Waals surface area contributed by atoms with Crippen LogP contribution >= 0.6 is 12.4 Å². The number of anilines is 1. The van der Waals surface area contributed by atoms with E-state index in [1.807, 2.05) is 41.8 Å². The molecule has 0 atom stereocenters. The lowest BCUT2D eigenvalue weighted by atomic mass is 10.1. The Hall–Kier alpha value is -3.25. The molecule has 27 heavy (non-hydrogen) atoms. The van der Waals surface area contributed by atoms with Crippen molar-refractivity contribution in [1.82, 2.24) is 14.4 Å². The van der Waals surface area contributed by atoms with E-state index in [4.69, 9.17) is 0 Å². The van der Waals surface area contributed by atoms with Gasteiger partial charge in [-0.05, 0) is 48.9 Å². The standard InChI is InChI=1S/C20H15FN4O.ClH/c1-13-7-8-22-18(10-13)24-20(26)15-6-5-14(11-16(15)21)17-12-23-19-4-2-3-9-25(17)19;/h2-12H,1H3,(H,22,24,26);1H. The molecule has 0 saturated heterocycles. The van der Waals surface area contributed by atoms with Crippen LogP contribution in [0.1, 0.15) is 15.9 Å². The van der Waals surface area contributed by atoms with Crippen molar-refractivity contribution in [2.45, 2.75) is 6.92 Å². The second-order valence-electron chi connectivity index (χ2n) is 5.94. The Morgan fingerprint density at radius 3 is 2.74 bits per heavy atom. The van der Waals surface area contributed by atoms with E-state index in [1.54, 1.807) is 24.5 Å². The van der Waals surface area contributed by atoms with Gasteiger partial charge in [-0.2, -0.15) is 0 Å². The molecule has 0 radical (unpaired) electrons. The number of hydrogen-bond donors (Lipinski definition) is 1. The molecule has 0 aliphatic rings. The van der Waals surface area contributed by atoms with Crippen LogP contribution in [0.2, 0.25) is 0 Å². The highest BCUT2D eigenvalue weighted by molar-refractivity contribution is 6.04. The molecular weight excluding hydrogens is 367 g/mol. The molecule has 1 amide bonds. The third-order valence-electron chi connectivity index (χ3n) is 4.08. The minimum atomic E-state index is -0.599. The minimum Gasteiger partial charge on any atom is -0.306 e. The number of aromatic nitrogens is 3. The number of rotatable bonds is 3. The molecule has 1 N–H and O–H groups in total. The third-order valence-corrected chi connectivity index (χ3v) is 4.08. The van der Waals surface area contributed by atoms with Gasteiger partial charge in [0.1, 0.15) is 17.3 Å².